The Kier molecular flexibility index (Phi) is 2.36. The van der Waals surface area contributed by atoms with Crippen LogP contribution in [0, 0.1) is 5.92 Å². The molecule has 1 aliphatic rings. The maximum Gasteiger partial charge on any atom is 0.140 e. The number of allylic oxidation sites excluding steroid dienone is 1. The maximum atomic E-state index is 4.73. The molecule has 0 N–H and O–H groups in total. The van der Waals surface area contributed by atoms with Crippen molar-refractivity contribution in [3.63, 3.8) is 0 Å². The molecule has 2 nitrogen and oxygen atoms in total. The molecule has 1 aromatic heterocycles. The summed E-state index contributed by atoms with van der Waals surface area (Å²) in [7, 11) is 2.11. The van der Waals surface area contributed by atoms with Gasteiger partial charge in [0, 0.05) is 18.3 Å². The molecular formula is C15H16N2. The zero-order chi connectivity index (χ0) is 11.8. The number of hydrogen-bond donors (Lipinski definition) is 0. The molecule has 0 fully saturated rings. The van der Waals surface area contributed by atoms with Crippen LogP contribution in [0.15, 0.2) is 36.4 Å². The Morgan fingerprint density at radius 3 is 2.76 bits per heavy atom. The van der Waals surface area contributed by atoms with Crippen LogP contribution in [0.3, 0.4) is 0 Å². The molecule has 1 aromatic carbocycles. The van der Waals surface area contributed by atoms with Crippen LogP contribution in [0.2, 0.25) is 0 Å². The van der Waals surface area contributed by atoms with Crippen LogP contribution < -0.4 is 0 Å². The summed E-state index contributed by atoms with van der Waals surface area (Å²) in [4.78, 5) is 4.73. The molecule has 2 heteroatoms. The van der Waals surface area contributed by atoms with E-state index in [1.54, 1.807) is 0 Å². The molecule has 0 bridgehead atoms. The van der Waals surface area contributed by atoms with Gasteiger partial charge in [0.25, 0.3) is 0 Å². The summed E-state index contributed by atoms with van der Waals surface area (Å²) in [5.41, 5.74) is 3.66. The van der Waals surface area contributed by atoms with E-state index in [9.17, 15) is 0 Å². The van der Waals surface area contributed by atoms with Crippen LogP contribution in [0.25, 0.3) is 17.5 Å². The fraction of sp³-hybridized carbons (Fsp3) is 0.267. The Balaban J connectivity index is 2.13. The Morgan fingerprint density at radius 2 is 2.00 bits per heavy atom. The lowest BCUT2D eigenvalue weighted by atomic mass is 9.98. The lowest BCUT2D eigenvalue weighted by molar-refractivity contribution is 0.671. The van der Waals surface area contributed by atoms with E-state index in [0.29, 0.717) is 5.92 Å². The van der Waals surface area contributed by atoms with Crippen LogP contribution in [0.5, 0.6) is 0 Å². The summed E-state index contributed by atoms with van der Waals surface area (Å²) in [6.07, 6.45) is 5.47. The van der Waals surface area contributed by atoms with Gasteiger partial charge in [0.1, 0.15) is 5.82 Å². The highest BCUT2D eigenvalue weighted by Gasteiger charge is 2.18. The molecule has 3 rings (SSSR count). The number of fused-ring (bicyclic) bond motifs is 1. The van der Waals surface area contributed by atoms with Crippen molar-refractivity contribution in [2.45, 2.75) is 13.3 Å². The molecule has 0 amide bonds. The fourth-order valence-corrected chi connectivity index (χ4v) is 2.40. The molecule has 0 aliphatic heterocycles. The summed E-state index contributed by atoms with van der Waals surface area (Å²) >= 11 is 0. The van der Waals surface area contributed by atoms with Crippen LogP contribution in [0.4, 0.5) is 0 Å². The minimum atomic E-state index is 0.613. The number of hydrogen-bond acceptors (Lipinski definition) is 1. The van der Waals surface area contributed by atoms with E-state index < -0.39 is 0 Å². The highest BCUT2D eigenvalue weighted by Crippen LogP contribution is 2.27. The zero-order valence-electron chi connectivity index (χ0n) is 10.2. The van der Waals surface area contributed by atoms with E-state index >= 15 is 0 Å². The third-order valence-corrected chi connectivity index (χ3v) is 3.37. The fourth-order valence-electron chi connectivity index (χ4n) is 2.40. The molecule has 1 aliphatic carbocycles. The van der Waals surface area contributed by atoms with Crippen molar-refractivity contribution in [1.82, 2.24) is 9.55 Å². The van der Waals surface area contributed by atoms with E-state index in [4.69, 9.17) is 4.98 Å². The highest BCUT2D eigenvalue weighted by atomic mass is 15.1. The topological polar surface area (TPSA) is 17.8 Å². The summed E-state index contributed by atoms with van der Waals surface area (Å²) in [5.74, 6) is 1.68. The predicted molar refractivity (Wildman–Crippen MR) is 70.5 cm³/mol. The SMILES string of the molecule is CC1C=Cc2nc(-c3ccccc3)n(C)c2C1. The van der Waals surface area contributed by atoms with Gasteiger partial charge in [-0.2, -0.15) is 0 Å². The number of benzene rings is 1. The minimum absolute atomic E-state index is 0.613. The van der Waals surface area contributed by atoms with Gasteiger partial charge in [-0.05, 0) is 18.4 Å². The molecule has 0 saturated heterocycles. The zero-order valence-corrected chi connectivity index (χ0v) is 10.2. The summed E-state index contributed by atoms with van der Waals surface area (Å²) in [5, 5.41) is 0. The number of aromatic nitrogens is 2. The first-order valence-electron chi connectivity index (χ1n) is 6.05. The van der Waals surface area contributed by atoms with Crippen molar-refractivity contribution in [3.05, 3.63) is 47.8 Å². The van der Waals surface area contributed by atoms with Gasteiger partial charge < -0.3 is 4.57 Å². The second-order valence-electron chi connectivity index (χ2n) is 4.73. The normalized spacial score (nSPS) is 18.1. The second-order valence-corrected chi connectivity index (χ2v) is 4.73. The molecule has 1 atom stereocenters. The molecule has 1 heterocycles. The Labute approximate surface area is 102 Å². The van der Waals surface area contributed by atoms with Crippen molar-refractivity contribution in [2.75, 3.05) is 0 Å². The molecule has 86 valence electrons. The molecule has 0 radical (unpaired) electrons. The number of nitrogens with zero attached hydrogens (tertiary/aromatic N) is 2. The standard InChI is InChI=1S/C15H16N2/c1-11-8-9-13-14(10-11)17(2)15(16-13)12-6-4-3-5-7-12/h3-9,11H,10H2,1-2H3. The van der Waals surface area contributed by atoms with Gasteiger partial charge in [-0.3, -0.25) is 0 Å². The van der Waals surface area contributed by atoms with Crippen LogP contribution in [-0.4, -0.2) is 9.55 Å². The molecule has 17 heavy (non-hydrogen) atoms. The van der Waals surface area contributed by atoms with Crippen LogP contribution >= 0.6 is 0 Å². The van der Waals surface area contributed by atoms with E-state index in [0.717, 1.165) is 17.9 Å². The lowest BCUT2D eigenvalue weighted by Crippen LogP contribution is -2.07. The van der Waals surface area contributed by atoms with E-state index in [-0.39, 0.29) is 0 Å². The van der Waals surface area contributed by atoms with E-state index in [1.165, 1.54) is 11.3 Å². The summed E-state index contributed by atoms with van der Waals surface area (Å²) in [6, 6.07) is 10.4. The van der Waals surface area contributed by atoms with Crippen molar-refractivity contribution >= 4 is 6.08 Å². The molecule has 2 aromatic rings. The highest BCUT2D eigenvalue weighted by molar-refractivity contribution is 5.62. The number of rotatable bonds is 1. The molecule has 1 unspecified atom stereocenters. The first-order chi connectivity index (χ1) is 8.25. The van der Waals surface area contributed by atoms with Gasteiger partial charge in [0.15, 0.2) is 0 Å². The molecular weight excluding hydrogens is 208 g/mol. The van der Waals surface area contributed by atoms with Gasteiger partial charge in [-0.15, -0.1) is 0 Å². The summed E-state index contributed by atoms with van der Waals surface area (Å²) < 4.78 is 2.23. The average Bonchev–Trinajstić information content (AvgIpc) is 2.68. The van der Waals surface area contributed by atoms with Gasteiger partial charge >= 0.3 is 0 Å². The number of imidazole rings is 1. The van der Waals surface area contributed by atoms with Crippen molar-refractivity contribution in [3.8, 4) is 11.4 Å². The van der Waals surface area contributed by atoms with Crippen LogP contribution in [-0.2, 0) is 13.5 Å². The first-order valence-corrected chi connectivity index (χ1v) is 6.05. The van der Waals surface area contributed by atoms with Crippen molar-refractivity contribution in [2.24, 2.45) is 13.0 Å². The first kappa shape index (κ1) is 10.3. The predicted octanol–water partition coefficient (Wildman–Crippen LogP) is 3.29. The van der Waals surface area contributed by atoms with E-state index in [2.05, 4.69) is 55.0 Å². The lowest BCUT2D eigenvalue weighted by Gasteiger charge is -2.13. The summed E-state index contributed by atoms with van der Waals surface area (Å²) in [6.45, 7) is 2.24. The Morgan fingerprint density at radius 1 is 1.24 bits per heavy atom. The second kappa shape index (κ2) is 3.88. The smallest absolute Gasteiger partial charge is 0.140 e. The molecule has 0 saturated carbocycles. The van der Waals surface area contributed by atoms with Gasteiger partial charge in [-0.25, -0.2) is 4.98 Å². The van der Waals surface area contributed by atoms with Crippen molar-refractivity contribution in [1.29, 1.82) is 0 Å². The third kappa shape index (κ3) is 1.70. The van der Waals surface area contributed by atoms with Gasteiger partial charge in [0.05, 0.1) is 5.69 Å². The third-order valence-electron chi connectivity index (χ3n) is 3.37. The Hall–Kier alpha value is -1.83. The minimum Gasteiger partial charge on any atom is -0.331 e. The Bertz CT molecular complexity index is 564. The van der Waals surface area contributed by atoms with Gasteiger partial charge in [-0.1, -0.05) is 43.3 Å². The quantitative estimate of drug-likeness (QED) is 0.726. The van der Waals surface area contributed by atoms with Crippen molar-refractivity contribution < 1.29 is 0 Å². The average molecular weight is 224 g/mol. The van der Waals surface area contributed by atoms with Crippen LogP contribution in [0.1, 0.15) is 18.3 Å². The largest absolute Gasteiger partial charge is 0.331 e. The maximum absolute atomic E-state index is 4.73. The molecule has 0 spiro atoms. The van der Waals surface area contributed by atoms with E-state index in [1.807, 2.05) is 6.07 Å². The monoisotopic (exact) mass is 224 g/mol. The van der Waals surface area contributed by atoms with Gasteiger partial charge in [0.2, 0.25) is 0 Å².